The molecule has 15 heavy (non-hydrogen) atoms. The molecule has 4 heteroatoms. The van der Waals surface area contributed by atoms with Crippen molar-refractivity contribution >= 4 is 6.09 Å². The van der Waals surface area contributed by atoms with Crippen molar-refractivity contribution in [2.45, 2.75) is 38.2 Å². The quantitative estimate of drug-likeness (QED) is 0.765. The lowest BCUT2D eigenvalue weighted by Gasteiger charge is -2.15. The lowest BCUT2D eigenvalue weighted by atomic mass is 10.0. The normalized spacial score (nSPS) is 27.4. The van der Waals surface area contributed by atoms with Crippen LogP contribution < -0.4 is 5.73 Å². The molecule has 1 aliphatic heterocycles. The van der Waals surface area contributed by atoms with Gasteiger partial charge in [-0.3, -0.25) is 0 Å². The number of hydrogen-bond acceptors (Lipinski definition) is 3. The summed E-state index contributed by atoms with van der Waals surface area (Å²) in [6.45, 7) is 1.97. The number of nitrogens with zero attached hydrogens (tertiary/aromatic N) is 1. The molecule has 1 saturated carbocycles. The smallest absolute Gasteiger partial charge is 0.410 e. The van der Waals surface area contributed by atoms with E-state index in [2.05, 4.69) is 0 Å². The van der Waals surface area contributed by atoms with Crippen LogP contribution in [-0.2, 0) is 4.74 Å². The van der Waals surface area contributed by atoms with E-state index in [9.17, 15) is 4.79 Å². The van der Waals surface area contributed by atoms with Crippen molar-refractivity contribution < 1.29 is 9.53 Å². The van der Waals surface area contributed by atoms with Crippen LogP contribution in [0.5, 0.6) is 0 Å². The molecule has 2 aliphatic rings. The Morgan fingerprint density at radius 1 is 1.40 bits per heavy atom. The molecule has 0 aromatic heterocycles. The number of amides is 1. The van der Waals surface area contributed by atoms with E-state index in [-0.39, 0.29) is 12.2 Å². The number of carbonyl (C=O) groups excluding carboxylic acids is 1. The zero-order valence-corrected chi connectivity index (χ0v) is 9.15. The van der Waals surface area contributed by atoms with Crippen LogP contribution in [0.2, 0.25) is 0 Å². The third-order valence-electron chi connectivity index (χ3n) is 3.49. The summed E-state index contributed by atoms with van der Waals surface area (Å²) >= 11 is 0. The molecule has 86 valence electrons. The van der Waals surface area contributed by atoms with Gasteiger partial charge in [-0.15, -0.1) is 0 Å². The Balaban J connectivity index is 1.72. The summed E-state index contributed by atoms with van der Waals surface area (Å²) in [4.78, 5) is 13.2. The van der Waals surface area contributed by atoms with Crippen LogP contribution in [0.25, 0.3) is 0 Å². The standard InChI is InChI=1S/C11H20N2O2/c12-7-10-8-13(11(14)15-10)6-5-9-3-1-2-4-9/h9-10H,1-8,12H2. The molecule has 0 bridgehead atoms. The lowest BCUT2D eigenvalue weighted by Crippen LogP contribution is -2.29. The minimum absolute atomic E-state index is 0.0823. The van der Waals surface area contributed by atoms with Gasteiger partial charge in [-0.1, -0.05) is 25.7 Å². The van der Waals surface area contributed by atoms with Crippen LogP contribution in [0.1, 0.15) is 32.1 Å². The molecule has 4 nitrogen and oxygen atoms in total. The van der Waals surface area contributed by atoms with Crippen LogP contribution in [0, 0.1) is 5.92 Å². The van der Waals surface area contributed by atoms with Gasteiger partial charge in [-0.05, 0) is 12.3 Å². The molecule has 0 radical (unpaired) electrons. The summed E-state index contributed by atoms with van der Waals surface area (Å²) in [6.07, 6.45) is 6.27. The third-order valence-corrected chi connectivity index (χ3v) is 3.49. The fourth-order valence-corrected chi connectivity index (χ4v) is 2.52. The van der Waals surface area contributed by atoms with E-state index < -0.39 is 0 Å². The van der Waals surface area contributed by atoms with Crippen molar-refractivity contribution in [1.82, 2.24) is 4.90 Å². The first-order valence-electron chi connectivity index (χ1n) is 5.95. The van der Waals surface area contributed by atoms with E-state index in [4.69, 9.17) is 10.5 Å². The summed E-state index contributed by atoms with van der Waals surface area (Å²) in [5.74, 6) is 0.828. The van der Waals surface area contributed by atoms with Gasteiger partial charge in [0.2, 0.25) is 0 Å². The Kier molecular flexibility index (Phi) is 3.46. The summed E-state index contributed by atoms with van der Waals surface area (Å²) in [5, 5.41) is 0. The maximum Gasteiger partial charge on any atom is 0.410 e. The highest BCUT2D eigenvalue weighted by molar-refractivity contribution is 5.69. The molecule has 1 heterocycles. The Hall–Kier alpha value is -0.770. The van der Waals surface area contributed by atoms with Crippen LogP contribution in [0.4, 0.5) is 4.79 Å². The van der Waals surface area contributed by atoms with Gasteiger partial charge in [-0.2, -0.15) is 0 Å². The lowest BCUT2D eigenvalue weighted by molar-refractivity contribution is 0.134. The predicted octanol–water partition coefficient (Wildman–Crippen LogP) is 1.35. The van der Waals surface area contributed by atoms with Crippen molar-refractivity contribution in [3.63, 3.8) is 0 Å². The second-order valence-corrected chi connectivity index (χ2v) is 4.63. The van der Waals surface area contributed by atoms with Gasteiger partial charge >= 0.3 is 6.09 Å². The van der Waals surface area contributed by atoms with Gasteiger partial charge in [0.1, 0.15) is 6.10 Å². The van der Waals surface area contributed by atoms with Crippen molar-refractivity contribution in [1.29, 1.82) is 0 Å². The Labute approximate surface area is 90.8 Å². The van der Waals surface area contributed by atoms with Crippen molar-refractivity contribution in [3.05, 3.63) is 0 Å². The zero-order valence-electron chi connectivity index (χ0n) is 9.15. The maximum absolute atomic E-state index is 11.4. The van der Waals surface area contributed by atoms with Gasteiger partial charge in [0, 0.05) is 13.1 Å². The van der Waals surface area contributed by atoms with Crippen LogP contribution in [0.3, 0.4) is 0 Å². The minimum atomic E-state index is -0.177. The average Bonchev–Trinajstić information content (AvgIpc) is 2.84. The highest BCUT2D eigenvalue weighted by Crippen LogP contribution is 2.28. The number of hydrogen-bond donors (Lipinski definition) is 1. The van der Waals surface area contributed by atoms with E-state index in [0.717, 1.165) is 18.9 Å². The number of cyclic esters (lactones) is 1. The predicted molar refractivity (Wildman–Crippen MR) is 57.5 cm³/mol. The molecule has 0 aromatic rings. The van der Waals surface area contributed by atoms with Gasteiger partial charge in [0.05, 0.1) is 6.54 Å². The van der Waals surface area contributed by atoms with Crippen LogP contribution in [0.15, 0.2) is 0 Å². The zero-order chi connectivity index (χ0) is 10.7. The van der Waals surface area contributed by atoms with Crippen molar-refractivity contribution in [2.24, 2.45) is 11.7 Å². The van der Waals surface area contributed by atoms with Gasteiger partial charge < -0.3 is 15.4 Å². The Bertz CT molecular complexity index is 227. The maximum atomic E-state index is 11.4. The van der Waals surface area contributed by atoms with Gasteiger partial charge in [-0.25, -0.2) is 4.79 Å². The SMILES string of the molecule is NCC1CN(CCC2CCCC2)C(=O)O1. The van der Waals surface area contributed by atoms with E-state index in [1.807, 2.05) is 0 Å². The number of rotatable bonds is 4. The molecule has 1 unspecified atom stereocenters. The fourth-order valence-electron chi connectivity index (χ4n) is 2.52. The minimum Gasteiger partial charge on any atom is -0.443 e. The molecular formula is C11H20N2O2. The Morgan fingerprint density at radius 3 is 2.73 bits per heavy atom. The van der Waals surface area contributed by atoms with E-state index in [1.54, 1.807) is 4.90 Å². The second-order valence-electron chi connectivity index (χ2n) is 4.63. The summed E-state index contributed by atoms with van der Waals surface area (Å²) in [5.41, 5.74) is 5.47. The summed E-state index contributed by atoms with van der Waals surface area (Å²) in [7, 11) is 0. The molecule has 0 spiro atoms. The first-order chi connectivity index (χ1) is 7.29. The molecule has 1 aliphatic carbocycles. The monoisotopic (exact) mass is 212 g/mol. The van der Waals surface area contributed by atoms with Gasteiger partial charge in [0.15, 0.2) is 0 Å². The number of carbonyl (C=O) groups is 1. The van der Waals surface area contributed by atoms with E-state index >= 15 is 0 Å². The average molecular weight is 212 g/mol. The number of nitrogens with two attached hydrogens (primary N) is 1. The molecule has 0 aromatic carbocycles. The Morgan fingerprint density at radius 2 is 2.13 bits per heavy atom. The largest absolute Gasteiger partial charge is 0.443 e. The highest BCUT2D eigenvalue weighted by Gasteiger charge is 2.30. The van der Waals surface area contributed by atoms with Crippen molar-refractivity contribution in [3.8, 4) is 0 Å². The molecule has 2 fully saturated rings. The fraction of sp³-hybridized carbons (Fsp3) is 0.909. The first kappa shape index (κ1) is 10.7. The first-order valence-corrected chi connectivity index (χ1v) is 5.95. The molecule has 1 amide bonds. The second kappa shape index (κ2) is 4.84. The van der Waals surface area contributed by atoms with Crippen molar-refractivity contribution in [2.75, 3.05) is 19.6 Å². The van der Waals surface area contributed by atoms with E-state index in [0.29, 0.717) is 13.1 Å². The van der Waals surface area contributed by atoms with Crippen LogP contribution in [-0.4, -0.2) is 36.7 Å². The molecule has 2 N–H and O–H groups in total. The number of ether oxygens (including phenoxy) is 1. The molecular weight excluding hydrogens is 192 g/mol. The van der Waals surface area contributed by atoms with Crippen LogP contribution >= 0.6 is 0 Å². The molecule has 1 atom stereocenters. The summed E-state index contributed by atoms with van der Waals surface area (Å²) in [6, 6.07) is 0. The summed E-state index contributed by atoms with van der Waals surface area (Å²) < 4.78 is 5.10. The topological polar surface area (TPSA) is 55.6 Å². The van der Waals surface area contributed by atoms with E-state index in [1.165, 1.54) is 25.7 Å². The molecule has 2 rings (SSSR count). The van der Waals surface area contributed by atoms with Gasteiger partial charge in [0.25, 0.3) is 0 Å². The molecule has 1 saturated heterocycles. The highest BCUT2D eigenvalue weighted by atomic mass is 16.6. The third kappa shape index (κ3) is 2.62.